The van der Waals surface area contributed by atoms with Gasteiger partial charge in [-0.05, 0) is 40.0 Å². The largest absolute Gasteiger partial charge is 0.292 e. The maximum absolute atomic E-state index is 12.6. The minimum absolute atomic E-state index is 0.254. The van der Waals surface area contributed by atoms with Gasteiger partial charge in [-0.3, -0.25) is 4.79 Å². The highest BCUT2D eigenvalue weighted by Crippen LogP contribution is 2.30. The van der Waals surface area contributed by atoms with Crippen LogP contribution >= 0.6 is 27.5 Å². The van der Waals surface area contributed by atoms with Gasteiger partial charge in [-0.25, -0.2) is 0 Å². The Kier molecular flexibility index (Phi) is 4.59. The van der Waals surface area contributed by atoms with Gasteiger partial charge in [-0.1, -0.05) is 48.0 Å². The van der Waals surface area contributed by atoms with Crippen LogP contribution in [0.5, 0.6) is 0 Å². The van der Waals surface area contributed by atoms with Crippen LogP contribution in [-0.2, 0) is 0 Å². The summed E-state index contributed by atoms with van der Waals surface area (Å²) < 4.78 is 0.720. The predicted molar refractivity (Wildman–Crippen MR) is 83.0 cm³/mol. The highest BCUT2D eigenvalue weighted by molar-refractivity contribution is 9.10. The number of Topliss-reactive ketones (excluding diaryl/α,β-unsaturated/α-hetero) is 1. The van der Waals surface area contributed by atoms with Crippen molar-refractivity contribution in [3.8, 4) is 6.07 Å². The topological polar surface area (TPSA) is 40.9 Å². The molecule has 0 saturated heterocycles. The quantitative estimate of drug-likeness (QED) is 0.740. The van der Waals surface area contributed by atoms with Crippen LogP contribution in [-0.4, -0.2) is 5.78 Å². The van der Waals surface area contributed by atoms with E-state index in [4.69, 9.17) is 11.6 Å². The lowest BCUT2D eigenvalue weighted by Gasteiger charge is -2.12. The van der Waals surface area contributed by atoms with Crippen LogP contribution in [0, 0.1) is 18.3 Å². The monoisotopic (exact) mass is 347 g/mol. The number of hydrogen-bond acceptors (Lipinski definition) is 2. The van der Waals surface area contributed by atoms with Crippen LogP contribution in [0.2, 0.25) is 5.02 Å². The molecule has 0 aliphatic rings. The van der Waals surface area contributed by atoms with E-state index in [2.05, 4.69) is 15.9 Å². The molecule has 1 atom stereocenters. The molecule has 0 heterocycles. The third-order valence-corrected chi connectivity index (χ3v) is 4.46. The Balaban J connectivity index is 2.49. The number of carbonyl (C=O) groups excluding carboxylic acids is 1. The number of ketones is 1. The molecule has 0 aliphatic carbocycles. The SMILES string of the molecule is Cc1cccc(C(=O)C(C#N)c2ccccc2Cl)c1Br. The van der Waals surface area contributed by atoms with Crippen molar-refractivity contribution in [2.75, 3.05) is 0 Å². The first-order chi connectivity index (χ1) is 9.56. The lowest BCUT2D eigenvalue weighted by Crippen LogP contribution is -2.12. The van der Waals surface area contributed by atoms with Gasteiger partial charge in [-0.2, -0.15) is 5.26 Å². The zero-order valence-electron chi connectivity index (χ0n) is 10.7. The lowest BCUT2D eigenvalue weighted by atomic mass is 9.91. The van der Waals surface area contributed by atoms with Gasteiger partial charge in [0.05, 0.1) is 6.07 Å². The summed E-state index contributed by atoms with van der Waals surface area (Å²) in [6.07, 6.45) is 0. The van der Waals surface area contributed by atoms with E-state index >= 15 is 0 Å². The fraction of sp³-hybridized carbons (Fsp3) is 0.125. The molecule has 4 heteroatoms. The Hall–Kier alpha value is -1.63. The van der Waals surface area contributed by atoms with Gasteiger partial charge in [0.1, 0.15) is 5.92 Å². The zero-order valence-corrected chi connectivity index (χ0v) is 13.1. The molecule has 0 fully saturated rings. The molecule has 1 unspecified atom stereocenters. The van der Waals surface area contributed by atoms with Gasteiger partial charge in [0, 0.05) is 15.1 Å². The summed E-state index contributed by atoms with van der Waals surface area (Å²) in [5.41, 5.74) is 1.98. The first-order valence-electron chi connectivity index (χ1n) is 5.99. The molecule has 20 heavy (non-hydrogen) atoms. The van der Waals surface area contributed by atoms with E-state index in [1.165, 1.54) is 0 Å². The summed E-state index contributed by atoms with van der Waals surface area (Å²) in [6, 6.07) is 14.4. The van der Waals surface area contributed by atoms with Crippen LogP contribution < -0.4 is 0 Å². The Labute approximate surface area is 131 Å². The molecular formula is C16H11BrClNO. The van der Waals surface area contributed by atoms with Crippen LogP contribution in [0.25, 0.3) is 0 Å². The number of hydrogen-bond donors (Lipinski definition) is 0. The van der Waals surface area contributed by atoms with Crippen LogP contribution in [0.4, 0.5) is 0 Å². The molecule has 0 N–H and O–H groups in total. The summed E-state index contributed by atoms with van der Waals surface area (Å²) in [5.74, 6) is -1.15. The van der Waals surface area contributed by atoms with Gasteiger partial charge >= 0.3 is 0 Å². The smallest absolute Gasteiger partial charge is 0.185 e. The second kappa shape index (κ2) is 6.21. The molecule has 0 bridgehead atoms. The molecule has 2 nitrogen and oxygen atoms in total. The van der Waals surface area contributed by atoms with Crippen molar-refractivity contribution in [1.82, 2.24) is 0 Å². The third-order valence-electron chi connectivity index (χ3n) is 3.06. The average molecular weight is 349 g/mol. The summed E-state index contributed by atoms with van der Waals surface area (Å²) in [4.78, 5) is 12.6. The number of nitrogens with zero attached hydrogens (tertiary/aromatic N) is 1. The number of benzene rings is 2. The van der Waals surface area contributed by atoms with Crippen molar-refractivity contribution in [3.63, 3.8) is 0 Å². The van der Waals surface area contributed by atoms with Crippen molar-refractivity contribution in [1.29, 1.82) is 5.26 Å². The van der Waals surface area contributed by atoms with E-state index in [-0.39, 0.29) is 5.78 Å². The molecule has 2 aromatic rings. The van der Waals surface area contributed by atoms with Crippen molar-refractivity contribution in [3.05, 3.63) is 68.7 Å². The predicted octanol–water partition coefficient (Wildman–Crippen LogP) is 4.90. The van der Waals surface area contributed by atoms with E-state index in [1.54, 1.807) is 36.4 Å². The van der Waals surface area contributed by atoms with Crippen LogP contribution in [0.15, 0.2) is 46.9 Å². The Morgan fingerprint density at radius 3 is 2.60 bits per heavy atom. The van der Waals surface area contributed by atoms with Gasteiger partial charge in [0.2, 0.25) is 0 Å². The fourth-order valence-electron chi connectivity index (χ4n) is 1.97. The Morgan fingerprint density at radius 2 is 1.95 bits per heavy atom. The van der Waals surface area contributed by atoms with Crippen molar-refractivity contribution in [2.24, 2.45) is 0 Å². The minimum Gasteiger partial charge on any atom is -0.292 e. The minimum atomic E-state index is -0.901. The molecule has 2 rings (SSSR count). The molecule has 0 spiro atoms. The van der Waals surface area contributed by atoms with Crippen molar-refractivity contribution in [2.45, 2.75) is 12.8 Å². The van der Waals surface area contributed by atoms with Gasteiger partial charge < -0.3 is 0 Å². The van der Waals surface area contributed by atoms with Crippen molar-refractivity contribution >= 4 is 33.3 Å². The second-order valence-corrected chi connectivity index (χ2v) is 5.58. The number of nitriles is 1. The van der Waals surface area contributed by atoms with Gasteiger partial charge in [-0.15, -0.1) is 0 Å². The summed E-state index contributed by atoms with van der Waals surface area (Å²) >= 11 is 9.49. The third kappa shape index (κ3) is 2.77. The van der Waals surface area contributed by atoms with E-state index < -0.39 is 5.92 Å². The van der Waals surface area contributed by atoms with Crippen LogP contribution in [0.1, 0.15) is 27.4 Å². The molecule has 0 aliphatic heterocycles. The Bertz CT molecular complexity index is 706. The number of carbonyl (C=O) groups is 1. The first kappa shape index (κ1) is 14.8. The maximum Gasteiger partial charge on any atom is 0.185 e. The first-order valence-corrected chi connectivity index (χ1v) is 7.16. The molecule has 2 aromatic carbocycles. The molecule has 100 valence electrons. The molecule has 0 saturated carbocycles. The second-order valence-electron chi connectivity index (χ2n) is 4.38. The Morgan fingerprint density at radius 1 is 1.25 bits per heavy atom. The maximum atomic E-state index is 12.6. The standard InChI is InChI=1S/C16H11BrClNO/c1-10-5-4-7-12(15(10)17)16(20)13(9-19)11-6-2-3-8-14(11)18/h2-8,13H,1H3. The fourth-order valence-corrected chi connectivity index (χ4v) is 2.68. The van der Waals surface area contributed by atoms with E-state index in [0.29, 0.717) is 16.1 Å². The number of aryl methyl sites for hydroxylation is 1. The summed E-state index contributed by atoms with van der Waals surface area (Å²) in [5, 5.41) is 9.78. The normalized spacial score (nSPS) is 11.7. The van der Waals surface area contributed by atoms with Gasteiger partial charge in [0.15, 0.2) is 5.78 Å². The van der Waals surface area contributed by atoms with E-state index in [9.17, 15) is 10.1 Å². The summed E-state index contributed by atoms with van der Waals surface area (Å²) in [7, 11) is 0. The molecule has 0 aromatic heterocycles. The van der Waals surface area contributed by atoms with E-state index in [1.807, 2.05) is 19.1 Å². The molecular weight excluding hydrogens is 338 g/mol. The highest BCUT2D eigenvalue weighted by atomic mass is 79.9. The van der Waals surface area contributed by atoms with Gasteiger partial charge in [0.25, 0.3) is 0 Å². The number of halogens is 2. The molecule has 0 radical (unpaired) electrons. The summed E-state index contributed by atoms with van der Waals surface area (Å²) in [6.45, 7) is 1.90. The van der Waals surface area contributed by atoms with E-state index in [0.717, 1.165) is 10.0 Å². The average Bonchev–Trinajstić information content (AvgIpc) is 2.44. The van der Waals surface area contributed by atoms with Crippen molar-refractivity contribution < 1.29 is 4.79 Å². The number of rotatable bonds is 3. The zero-order chi connectivity index (χ0) is 14.7. The highest BCUT2D eigenvalue weighted by Gasteiger charge is 2.25. The lowest BCUT2D eigenvalue weighted by molar-refractivity contribution is 0.0978. The molecule has 0 amide bonds. The van der Waals surface area contributed by atoms with Crippen LogP contribution in [0.3, 0.4) is 0 Å².